The molecule has 1 atom stereocenters. The number of aromatic nitrogens is 3. The smallest absolute Gasteiger partial charge is 0.263 e. The van der Waals surface area contributed by atoms with Crippen molar-refractivity contribution in [2.45, 2.75) is 45.1 Å². The van der Waals surface area contributed by atoms with Crippen molar-refractivity contribution in [3.63, 3.8) is 0 Å². The van der Waals surface area contributed by atoms with E-state index < -0.39 is 6.04 Å². The van der Waals surface area contributed by atoms with Gasteiger partial charge in [0, 0.05) is 16.4 Å². The lowest BCUT2D eigenvalue weighted by molar-refractivity contribution is -0.119. The van der Waals surface area contributed by atoms with Gasteiger partial charge in [-0.2, -0.15) is 0 Å². The first-order chi connectivity index (χ1) is 13.6. The van der Waals surface area contributed by atoms with Gasteiger partial charge in [0.15, 0.2) is 5.65 Å². The molecule has 144 valence electrons. The van der Waals surface area contributed by atoms with Crippen LogP contribution in [0.15, 0.2) is 41.5 Å². The molecule has 0 saturated carbocycles. The van der Waals surface area contributed by atoms with Crippen LogP contribution in [0.4, 0.5) is 5.69 Å². The minimum atomic E-state index is -0.656. The number of nitrogens with one attached hydrogen (secondary N) is 1. The van der Waals surface area contributed by atoms with Crippen LogP contribution in [-0.4, -0.2) is 20.4 Å². The normalized spacial score (nSPS) is 14.5. The molecule has 2 aromatic heterocycles. The third-order valence-corrected chi connectivity index (χ3v) is 5.44. The Hall–Kier alpha value is -2.73. The van der Waals surface area contributed by atoms with E-state index in [-0.39, 0.29) is 11.5 Å². The van der Waals surface area contributed by atoms with Crippen molar-refractivity contribution in [2.24, 2.45) is 0 Å². The lowest BCUT2D eigenvalue weighted by Crippen LogP contribution is -2.33. The first-order valence-corrected chi connectivity index (χ1v) is 9.90. The van der Waals surface area contributed by atoms with Crippen LogP contribution in [0.1, 0.15) is 43.5 Å². The van der Waals surface area contributed by atoms with E-state index in [0.717, 1.165) is 36.9 Å². The van der Waals surface area contributed by atoms with Gasteiger partial charge < -0.3 is 5.32 Å². The Bertz CT molecular complexity index is 1090. The molecule has 0 bridgehead atoms. The molecule has 1 aliphatic carbocycles. The molecular formula is C21H21ClN4O2. The molecule has 1 N–H and O–H groups in total. The van der Waals surface area contributed by atoms with Gasteiger partial charge in [0.05, 0.1) is 5.39 Å². The number of benzene rings is 1. The molecule has 0 spiro atoms. The molecule has 0 aliphatic heterocycles. The number of hydrogen-bond acceptors (Lipinski definition) is 4. The summed E-state index contributed by atoms with van der Waals surface area (Å²) in [4.78, 5) is 34.9. The fraction of sp³-hybridized carbons (Fsp3) is 0.333. The molecule has 0 saturated heterocycles. The monoisotopic (exact) mass is 396 g/mol. The Morgan fingerprint density at radius 1 is 1.25 bits per heavy atom. The van der Waals surface area contributed by atoms with Gasteiger partial charge in [0.2, 0.25) is 5.91 Å². The second-order valence-electron chi connectivity index (χ2n) is 7.05. The van der Waals surface area contributed by atoms with Crippen LogP contribution in [0, 0.1) is 0 Å². The molecule has 1 amide bonds. The van der Waals surface area contributed by atoms with Crippen LogP contribution < -0.4 is 10.9 Å². The molecule has 1 aromatic carbocycles. The second-order valence-corrected chi connectivity index (χ2v) is 7.49. The van der Waals surface area contributed by atoms with Crippen molar-refractivity contribution in [3.05, 3.63) is 63.3 Å². The highest BCUT2D eigenvalue weighted by atomic mass is 35.5. The largest absolute Gasteiger partial charge is 0.324 e. The number of rotatable bonds is 4. The third kappa shape index (κ3) is 3.52. The molecule has 0 fully saturated rings. The summed E-state index contributed by atoms with van der Waals surface area (Å²) in [6.45, 7) is 1.87. The number of aryl methyl sites for hydroxylation is 2. The van der Waals surface area contributed by atoms with Crippen LogP contribution in [-0.2, 0) is 17.6 Å². The minimum Gasteiger partial charge on any atom is -0.324 e. The van der Waals surface area contributed by atoms with Crippen LogP contribution in [0.25, 0.3) is 11.0 Å². The van der Waals surface area contributed by atoms with E-state index in [2.05, 4.69) is 15.3 Å². The predicted molar refractivity (Wildman–Crippen MR) is 110 cm³/mol. The number of hydrogen-bond donors (Lipinski definition) is 1. The maximum Gasteiger partial charge on any atom is 0.263 e. The average Bonchev–Trinajstić information content (AvgIpc) is 2.71. The highest BCUT2D eigenvalue weighted by Crippen LogP contribution is 2.22. The van der Waals surface area contributed by atoms with E-state index in [1.807, 2.05) is 13.0 Å². The molecule has 4 rings (SSSR count). The van der Waals surface area contributed by atoms with Crippen LogP contribution >= 0.6 is 11.6 Å². The Morgan fingerprint density at radius 2 is 2.00 bits per heavy atom. The van der Waals surface area contributed by atoms with E-state index >= 15 is 0 Å². The zero-order chi connectivity index (χ0) is 19.7. The van der Waals surface area contributed by atoms with Crippen LogP contribution in [0.2, 0.25) is 5.02 Å². The van der Waals surface area contributed by atoms with Crippen molar-refractivity contribution in [1.82, 2.24) is 14.5 Å². The van der Waals surface area contributed by atoms with Gasteiger partial charge in [-0.05, 0) is 68.0 Å². The van der Waals surface area contributed by atoms with E-state index in [1.165, 1.54) is 10.9 Å². The SMILES string of the molecule is CC[C@@H](C(=O)Nc1ccc(Cl)cc1)n1cnc2nc3c(cc2c1=O)CCCC3. The van der Waals surface area contributed by atoms with Crippen LogP contribution in [0.5, 0.6) is 0 Å². The summed E-state index contributed by atoms with van der Waals surface area (Å²) in [5.41, 5.74) is 3.01. The van der Waals surface area contributed by atoms with Gasteiger partial charge in [-0.15, -0.1) is 0 Å². The summed E-state index contributed by atoms with van der Waals surface area (Å²) in [5.74, 6) is -0.265. The first kappa shape index (κ1) is 18.6. The maximum atomic E-state index is 13.1. The Balaban J connectivity index is 1.69. The molecule has 1 aliphatic rings. The molecule has 2 heterocycles. The number of nitrogens with zero attached hydrogens (tertiary/aromatic N) is 3. The number of halogens is 1. The van der Waals surface area contributed by atoms with Crippen molar-refractivity contribution in [1.29, 1.82) is 0 Å². The molecule has 7 heteroatoms. The summed E-state index contributed by atoms with van der Waals surface area (Å²) >= 11 is 5.89. The molecule has 6 nitrogen and oxygen atoms in total. The zero-order valence-corrected chi connectivity index (χ0v) is 16.4. The first-order valence-electron chi connectivity index (χ1n) is 9.53. The third-order valence-electron chi connectivity index (χ3n) is 5.19. The van der Waals surface area contributed by atoms with Crippen LogP contribution in [0.3, 0.4) is 0 Å². The standard InChI is InChI=1S/C21H21ClN4O2/c1-2-18(20(27)24-15-9-7-14(22)8-10-15)26-12-23-19-16(21(26)28)11-13-5-3-4-6-17(13)25-19/h7-12,18H,2-6H2,1H3,(H,24,27)/t18-/m0/s1. The zero-order valence-electron chi connectivity index (χ0n) is 15.6. The summed E-state index contributed by atoms with van der Waals surface area (Å²) in [5, 5.41) is 3.91. The number of fused-ring (bicyclic) bond motifs is 2. The fourth-order valence-electron chi connectivity index (χ4n) is 3.68. The van der Waals surface area contributed by atoms with E-state index in [0.29, 0.717) is 28.2 Å². The van der Waals surface area contributed by atoms with Gasteiger partial charge in [-0.1, -0.05) is 18.5 Å². The van der Waals surface area contributed by atoms with Gasteiger partial charge in [0.25, 0.3) is 5.56 Å². The topological polar surface area (TPSA) is 76.9 Å². The van der Waals surface area contributed by atoms with Crippen molar-refractivity contribution < 1.29 is 4.79 Å². The lowest BCUT2D eigenvalue weighted by Gasteiger charge is -2.19. The fourth-order valence-corrected chi connectivity index (χ4v) is 3.80. The molecule has 0 unspecified atom stereocenters. The van der Waals surface area contributed by atoms with Crippen molar-refractivity contribution >= 4 is 34.2 Å². The maximum absolute atomic E-state index is 13.1. The Labute approximate surface area is 167 Å². The highest BCUT2D eigenvalue weighted by molar-refractivity contribution is 6.30. The Morgan fingerprint density at radius 3 is 2.75 bits per heavy atom. The Kier molecular flexibility index (Phi) is 5.13. The van der Waals surface area contributed by atoms with Gasteiger partial charge >= 0.3 is 0 Å². The second kappa shape index (κ2) is 7.72. The summed E-state index contributed by atoms with van der Waals surface area (Å²) in [6.07, 6.45) is 5.98. The number of pyridine rings is 1. The average molecular weight is 397 g/mol. The minimum absolute atomic E-state index is 0.232. The number of anilines is 1. The quantitative estimate of drug-likeness (QED) is 0.725. The molecule has 28 heavy (non-hydrogen) atoms. The van der Waals surface area contributed by atoms with E-state index in [4.69, 9.17) is 11.6 Å². The summed E-state index contributed by atoms with van der Waals surface area (Å²) in [6, 6.07) is 8.12. The molecular weight excluding hydrogens is 376 g/mol. The molecule has 3 aromatic rings. The number of amides is 1. The number of carbonyl (C=O) groups excluding carboxylic acids is 1. The molecule has 0 radical (unpaired) electrons. The van der Waals surface area contributed by atoms with Crippen molar-refractivity contribution in [3.8, 4) is 0 Å². The van der Waals surface area contributed by atoms with Gasteiger partial charge in [0.1, 0.15) is 12.4 Å². The number of carbonyl (C=O) groups is 1. The van der Waals surface area contributed by atoms with E-state index in [1.54, 1.807) is 24.3 Å². The predicted octanol–water partition coefficient (Wildman–Crippen LogP) is 3.91. The van der Waals surface area contributed by atoms with Gasteiger partial charge in [-0.3, -0.25) is 14.2 Å². The lowest BCUT2D eigenvalue weighted by atomic mass is 9.95. The van der Waals surface area contributed by atoms with Gasteiger partial charge in [-0.25, -0.2) is 9.97 Å². The van der Waals surface area contributed by atoms with Crippen molar-refractivity contribution in [2.75, 3.05) is 5.32 Å². The summed E-state index contributed by atoms with van der Waals surface area (Å²) in [7, 11) is 0. The van der Waals surface area contributed by atoms with E-state index in [9.17, 15) is 9.59 Å². The highest BCUT2D eigenvalue weighted by Gasteiger charge is 2.22. The summed E-state index contributed by atoms with van der Waals surface area (Å²) < 4.78 is 1.41.